The Balaban J connectivity index is 1.48. The minimum Gasteiger partial charge on any atom is -0.375 e. The van der Waals surface area contributed by atoms with E-state index >= 15 is 4.39 Å². The van der Waals surface area contributed by atoms with Crippen LogP contribution in [0.15, 0.2) is 30.7 Å². The molecule has 35 heavy (non-hydrogen) atoms. The van der Waals surface area contributed by atoms with Gasteiger partial charge < -0.3 is 20.7 Å². The number of hydrogen-bond acceptors (Lipinski definition) is 8. The molecule has 1 amide bonds. The average Bonchev–Trinajstić information content (AvgIpc) is 3.57. The maximum Gasteiger partial charge on any atom is 0.229 e. The Labute approximate surface area is 200 Å². The van der Waals surface area contributed by atoms with E-state index in [0.717, 1.165) is 10.8 Å². The van der Waals surface area contributed by atoms with E-state index in [9.17, 15) is 4.79 Å². The van der Waals surface area contributed by atoms with Gasteiger partial charge in [-0.25, -0.2) is 18.9 Å². The number of morpholine rings is 1. The van der Waals surface area contributed by atoms with Gasteiger partial charge in [-0.2, -0.15) is 0 Å². The third-order valence-corrected chi connectivity index (χ3v) is 6.95. The van der Waals surface area contributed by atoms with E-state index in [1.54, 1.807) is 30.2 Å². The molecule has 4 aromatic heterocycles. The monoisotopic (exact) mass is 476 g/mol. The number of hydrogen-bond donors (Lipinski definition) is 2. The standard InChI is InChI=1S/C24H25FN8O2/c1-13-11-32(5-6-35-13)18-12-33-20(8-17(18)25)30-22(31-33)16-10-29-21(27-2)15-9-28-19(7-14(15)16)24(3-4-24)23(26)34/h7-10,12-13H,3-6,11H2,1-2H3,(H2,26,34)(H,27,29). The third-order valence-electron chi connectivity index (χ3n) is 6.95. The van der Waals surface area contributed by atoms with Crippen LogP contribution >= 0.6 is 0 Å². The van der Waals surface area contributed by atoms with Crippen molar-refractivity contribution in [1.29, 1.82) is 0 Å². The molecule has 10 nitrogen and oxygen atoms in total. The highest BCUT2D eigenvalue weighted by Gasteiger charge is 2.51. The zero-order valence-electron chi connectivity index (χ0n) is 19.5. The first-order valence-electron chi connectivity index (χ1n) is 11.6. The number of nitrogens with zero attached hydrogens (tertiary/aromatic N) is 6. The van der Waals surface area contributed by atoms with Crippen molar-refractivity contribution in [3.8, 4) is 11.4 Å². The molecule has 2 aliphatic rings. The van der Waals surface area contributed by atoms with E-state index in [1.807, 2.05) is 17.9 Å². The molecule has 180 valence electrons. The molecule has 1 aliphatic carbocycles. The molecule has 1 aliphatic heterocycles. The molecule has 0 radical (unpaired) electrons. The number of carbonyl (C=O) groups excluding carboxylic acids is 1. The molecule has 1 saturated carbocycles. The number of aromatic nitrogens is 5. The molecule has 0 spiro atoms. The summed E-state index contributed by atoms with van der Waals surface area (Å²) in [7, 11) is 1.78. The quantitative estimate of drug-likeness (QED) is 0.450. The van der Waals surface area contributed by atoms with Crippen LogP contribution in [0.1, 0.15) is 25.5 Å². The summed E-state index contributed by atoms with van der Waals surface area (Å²) in [6.07, 6.45) is 6.41. The fourth-order valence-corrected chi connectivity index (χ4v) is 4.81. The van der Waals surface area contributed by atoms with Gasteiger partial charge in [0.25, 0.3) is 0 Å². The third kappa shape index (κ3) is 3.45. The minimum absolute atomic E-state index is 0.0197. The molecule has 2 fully saturated rings. The second-order valence-corrected chi connectivity index (χ2v) is 9.20. The number of fused-ring (bicyclic) bond motifs is 2. The van der Waals surface area contributed by atoms with Crippen LogP contribution in [-0.4, -0.2) is 63.3 Å². The van der Waals surface area contributed by atoms with Crippen LogP contribution in [0.4, 0.5) is 15.9 Å². The summed E-state index contributed by atoms with van der Waals surface area (Å²) in [5.74, 6) is 0.311. The summed E-state index contributed by atoms with van der Waals surface area (Å²) in [6.45, 7) is 3.71. The maximum atomic E-state index is 15.0. The fraction of sp³-hybridized carbons (Fsp3) is 0.375. The van der Waals surface area contributed by atoms with Gasteiger partial charge >= 0.3 is 0 Å². The highest BCUT2D eigenvalue weighted by Crippen LogP contribution is 2.48. The van der Waals surface area contributed by atoms with E-state index < -0.39 is 5.41 Å². The summed E-state index contributed by atoms with van der Waals surface area (Å²) < 4.78 is 22.2. The second-order valence-electron chi connectivity index (χ2n) is 9.20. The summed E-state index contributed by atoms with van der Waals surface area (Å²) in [4.78, 5) is 27.7. The number of ether oxygens (including phenoxy) is 1. The zero-order valence-corrected chi connectivity index (χ0v) is 19.5. The van der Waals surface area contributed by atoms with Gasteiger partial charge in [0.15, 0.2) is 17.3 Å². The fourth-order valence-electron chi connectivity index (χ4n) is 4.81. The lowest BCUT2D eigenvalue weighted by atomic mass is 9.97. The number of primary amides is 1. The maximum absolute atomic E-state index is 15.0. The van der Waals surface area contributed by atoms with Crippen molar-refractivity contribution in [2.45, 2.75) is 31.3 Å². The van der Waals surface area contributed by atoms with Crippen LogP contribution < -0.4 is 16.0 Å². The summed E-state index contributed by atoms with van der Waals surface area (Å²) in [5, 5.41) is 9.29. The van der Waals surface area contributed by atoms with Crippen LogP contribution in [0.5, 0.6) is 0 Å². The largest absolute Gasteiger partial charge is 0.375 e. The van der Waals surface area contributed by atoms with E-state index in [0.29, 0.717) is 66.8 Å². The molecular weight excluding hydrogens is 451 g/mol. The number of carbonyl (C=O) groups is 1. The Morgan fingerprint density at radius 2 is 2.09 bits per heavy atom. The van der Waals surface area contributed by atoms with Gasteiger partial charge in [0.2, 0.25) is 5.91 Å². The van der Waals surface area contributed by atoms with Gasteiger partial charge in [-0.1, -0.05) is 0 Å². The number of rotatable bonds is 5. The number of amides is 1. The molecule has 1 saturated heterocycles. The highest BCUT2D eigenvalue weighted by atomic mass is 19.1. The van der Waals surface area contributed by atoms with Crippen LogP contribution in [0, 0.1) is 5.82 Å². The van der Waals surface area contributed by atoms with Crippen molar-refractivity contribution in [2.75, 3.05) is 37.0 Å². The molecule has 5 heterocycles. The topological polar surface area (TPSA) is 124 Å². The molecule has 1 atom stereocenters. The Bertz CT molecular complexity index is 1480. The first-order chi connectivity index (χ1) is 16.9. The highest BCUT2D eigenvalue weighted by molar-refractivity contribution is 6.01. The van der Waals surface area contributed by atoms with Gasteiger partial charge in [0.05, 0.1) is 35.7 Å². The lowest BCUT2D eigenvalue weighted by Crippen LogP contribution is -2.41. The van der Waals surface area contributed by atoms with Crippen LogP contribution in [0.3, 0.4) is 0 Å². The van der Waals surface area contributed by atoms with E-state index in [4.69, 9.17) is 10.5 Å². The average molecular weight is 477 g/mol. The van der Waals surface area contributed by atoms with Crippen LogP contribution in [0.25, 0.3) is 27.8 Å². The lowest BCUT2D eigenvalue weighted by Gasteiger charge is -2.32. The van der Waals surface area contributed by atoms with Gasteiger partial charge in [-0.15, -0.1) is 5.10 Å². The molecular formula is C24H25FN8O2. The van der Waals surface area contributed by atoms with Gasteiger partial charge in [-0.05, 0) is 25.8 Å². The lowest BCUT2D eigenvalue weighted by molar-refractivity contribution is -0.120. The predicted molar refractivity (Wildman–Crippen MR) is 129 cm³/mol. The van der Waals surface area contributed by atoms with Crippen molar-refractivity contribution in [1.82, 2.24) is 24.6 Å². The van der Waals surface area contributed by atoms with Crippen LogP contribution in [-0.2, 0) is 14.9 Å². The number of anilines is 2. The van der Waals surface area contributed by atoms with Crippen molar-refractivity contribution in [3.05, 3.63) is 42.2 Å². The van der Waals surface area contributed by atoms with Crippen LogP contribution in [0.2, 0.25) is 0 Å². The smallest absolute Gasteiger partial charge is 0.229 e. The van der Waals surface area contributed by atoms with E-state index in [1.165, 1.54) is 6.07 Å². The second kappa shape index (κ2) is 7.84. The Morgan fingerprint density at radius 3 is 2.80 bits per heavy atom. The van der Waals surface area contributed by atoms with E-state index in [-0.39, 0.29) is 17.8 Å². The van der Waals surface area contributed by atoms with Crippen molar-refractivity contribution < 1.29 is 13.9 Å². The molecule has 11 heteroatoms. The molecule has 0 aromatic carbocycles. The number of pyridine rings is 3. The summed E-state index contributed by atoms with van der Waals surface area (Å²) in [5.41, 5.74) is 7.09. The van der Waals surface area contributed by atoms with Crippen molar-refractivity contribution in [3.63, 3.8) is 0 Å². The Kier molecular flexibility index (Phi) is 4.85. The minimum atomic E-state index is -0.728. The van der Waals surface area contributed by atoms with Gasteiger partial charge in [0.1, 0.15) is 5.82 Å². The molecule has 1 unspecified atom stereocenters. The van der Waals surface area contributed by atoms with Crippen molar-refractivity contribution >= 4 is 33.8 Å². The van der Waals surface area contributed by atoms with Crippen molar-refractivity contribution in [2.24, 2.45) is 5.73 Å². The molecule has 6 rings (SSSR count). The molecule has 0 bridgehead atoms. The van der Waals surface area contributed by atoms with E-state index in [2.05, 4.69) is 25.4 Å². The predicted octanol–water partition coefficient (Wildman–Crippen LogP) is 2.26. The number of nitrogens with one attached hydrogen (secondary N) is 1. The Hall–Kier alpha value is -3.86. The molecule has 4 aromatic rings. The first-order valence-corrected chi connectivity index (χ1v) is 11.6. The van der Waals surface area contributed by atoms with Gasteiger partial charge in [-0.3, -0.25) is 9.78 Å². The zero-order chi connectivity index (χ0) is 24.3. The Morgan fingerprint density at radius 1 is 1.26 bits per heavy atom. The first kappa shape index (κ1) is 21.7. The SMILES string of the molecule is CNc1ncc(-c2nc3cc(F)c(N4CCOC(C)C4)cn3n2)c2cc(C3(C(N)=O)CC3)ncc12. The number of nitrogens with two attached hydrogens (primary N) is 1. The molecule has 3 N–H and O–H groups in total. The number of halogens is 1. The summed E-state index contributed by atoms with van der Waals surface area (Å²) >= 11 is 0. The summed E-state index contributed by atoms with van der Waals surface area (Å²) in [6, 6.07) is 3.26. The normalized spacial score (nSPS) is 19.3. The van der Waals surface area contributed by atoms with Gasteiger partial charge in [0, 0.05) is 54.9 Å².